The van der Waals surface area contributed by atoms with E-state index in [0.717, 1.165) is 5.69 Å². The van der Waals surface area contributed by atoms with Crippen LogP contribution in [0.15, 0.2) is 54.6 Å². The zero-order chi connectivity index (χ0) is 13.2. The van der Waals surface area contributed by atoms with Crippen LogP contribution >= 0.6 is 11.6 Å². The summed E-state index contributed by atoms with van der Waals surface area (Å²) >= 11 is 5.88. The summed E-state index contributed by atoms with van der Waals surface area (Å²) in [7, 11) is 0. The third kappa shape index (κ3) is 2.61. The van der Waals surface area contributed by atoms with Crippen LogP contribution in [0.1, 0.15) is 0 Å². The van der Waals surface area contributed by atoms with Crippen LogP contribution in [0.4, 0.5) is 17.2 Å². The van der Waals surface area contributed by atoms with Gasteiger partial charge in [0.05, 0.1) is 0 Å². The fourth-order valence-electron chi connectivity index (χ4n) is 2.00. The lowest BCUT2D eigenvalue weighted by atomic mass is 10.1. The van der Waals surface area contributed by atoms with Crippen molar-refractivity contribution in [3.05, 3.63) is 59.8 Å². The Morgan fingerprint density at radius 2 is 1.74 bits per heavy atom. The first-order chi connectivity index (χ1) is 9.20. The van der Waals surface area contributed by atoms with E-state index in [1.54, 1.807) is 12.1 Å². The summed E-state index contributed by atoms with van der Waals surface area (Å²) in [6, 6.07) is 17.7. The lowest BCUT2D eigenvalue weighted by Crippen LogP contribution is -1.96. The maximum absolute atomic E-state index is 5.88. The van der Waals surface area contributed by atoms with Gasteiger partial charge in [0.1, 0.15) is 11.0 Å². The normalized spacial score (nSPS) is 10.6. The fraction of sp³-hybridized carbons (Fsp3) is 0. The van der Waals surface area contributed by atoms with Crippen LogP contribution in [0.2, 0.25) is 5.15 Å². The number of hydrogen-bond donors (Lipinski definition) is 2. The van der Waals surface area contributed by atoms with E-state index in [-0.39, 0.29) is 0 Å². The second-order valence-corrected chi connectivity index (χ2v) is 4.68. The van der Waals surface area contributed by atoms with Crippen LogP contribution in [0.5, 0.6) is 0 Å². The monoisotopic (exact) mass is 269 g/mol. The first-order valence-corrected chi connectivity index (χ1v) is 6.27. The minimum atomic E-state index is 0.378. The van der Waals surface area contributed by atoms with Crippen LogP contribution in [0.3, 0.4) is 0 Å². The topological polar surface area (TPSA) is 50.9 Å². The molecule has 0 atom stereocenters. The highest BCUT2D eigenvalue weighted by Crippen LogP contribution is 2.23. The molecule has 3 rings (SSSR count). The van der Waals surface area contributed by atoms with Crippen molar-refractivity contribution in [1.29, 1.82) is 0 Å². The zero-order valence-corrected chi connectivity index (χ0v) is 10.9. The Morgan fingerprint density at radius 3 is 2.53 bits per heavy atom. The molecular formula is C15H12ClN3. The minimum absolute atomic E-state index is 0.378. The van der Waals surface area contributed by atoms with Gasteiger partial charge in [-0.1, -0.05) is 41.9 Å². The van der Waals surface area contributed by atoms with Gasteiger partial charge in [0, 0.05) is 17.4 Å². The summed E-state index contributed by atoms with van der Waals surface area (Å²) in [5.41, 5.74) is 7.28. The summed E-state index contributed by atoms with van der Waals surface area (Å²) < 4.78 is 0. The molecule has 0 aliphatic rings. The second-order valence-electron chi connectivity index (χ2n) is 4.30. The van der Waals surface area contributed by atoms with Crippen LogP contribution in [0, 0.1) is 0 Å². The van der Waals surface area contributed by atoms with Crippen LogP contribution in [-0.2, 0) is 0 Å². The molecule has 0 amide bonds. The maximum Gasteiger partial charge on any atom is 0.134 e. The average Bonchev–Trinajstić information content (AvgIpc) is 2.37. The third-order valence-corrected chi connectivity index (χ3v) is 3.03. The van der Waals surface area contributed by atoms with Gasteiger partial charge >= 0.3 is 0 Å². The summed E-state index contributed by atoms with van der Waals surface area (Å²) in [6.07, 6.45) is 0. The summed E-state index contributed by atoms with van der Waals surface area (Å²) in [6.45, 7) is 0. The molecule has 0 saturated carbocycles. The molecule has 3 N–H and O–H groups in total. The molecule has 19 heavy (non-hydrogen) atoms. The molecular weight excluding hydrogens is 258 g/mol. The molecule has 0 fully saturated rings. The molecule has 0 aliphatic carbocycles. The number of fused-ring (bicyclic) bond motifs is 1. The van der Waals surface area contributed by atoms with Gasteiger partial charge in [-0.05, 0) is 29.0 Å². The molecule has 0 radical (unpaired) electrons. The van der Waals surface area contributed by atoms with Crippen molar-refractivity contribution in [3.8, 4) is 0 Å². The molecule has 3 aromatic rings. The van der Waals surface area contributed by atoms with E-state index in [2.05, 4.69) is 34.6 Å². The molecule has 3 nitrogen and oxygen atoms in total. The molecule has 0 bridgehead atoms. The predicted octanol–water partition coefficient (Wildman–Crippen LogP) is 4.21. The van der Waals surface area contributed by atoms with Crippen molar-refractivity contribution >= 4 is 39.6 Å². The lowest BCUT2D eigenvalue weighted by molar-refractivity contribution is 1.31. The van der Waals surface area contributed by atoms with E-state index in [1.807, 2.05) is 18.2 Å². The van der Waals surface area contributed by atoms with Gasteiger partial charge in [-0.2, -0.15) is 0 Å². The highest BCUT2D eigenvalue weighted by Gasteiger charge is 2.01. The number of nitrogens with zero attached hydrogens (tertiary/aromatic N) is 1. The molecule has 2 aromatic carbocycles. The Labute approximate surface area is 116 Å². The van der Waals surface area contributed by atoms with E-state index in [4.69, 9.17) is 17.3 Å². The highest BCUT2D eigenvalue weighted by molar-refractivity contribution is 6.29. The largest absolute Gasteiger partial charge is 0.399 e. The summed E-state index contributed by atoms with van der Waals surface area (Å²) in [5, 5.41) is 5.95. The first-order valence-electron chi connectivity index (χ1n) is 5.89. The molecule has 0 unspecified atom stereocenters. The molecule has 0 saturated heterocycles. The minimum Gasteiger partial charge on any atom is -0.399 e. The van der Waals surface area contributed by atoms with Gasteiger partial charge in [0.25, 0.3) is 0 Å². The number of nitrogens with one attached hydrogen (secondary N) is 1. The lowest BCUT2D eigenvalue weighted by Gasteiger charge is -2.08. The number of benzene rings is 2. The van der Waals surface area contributed by atoms with Crippen LogP contribution < -0.4 is 11.1 Å². The number of nitrogens with two attached hydrogens (primary N) is 1. The number of halogens is 1. The number of aromatic nitrogens is 1. The van der Waals surface area contributed by atoms with E-state index in [9.17, 15) is 0 Å². The molecule has 4 heteroatoms. The van der Waals surface area contributed by atoms with Crippen molar-refractivity contribution in [2.45, 2.75) is 0 Å². The van der Waals surface area contributed by atoms with Crippen LogP contribution in [0.25, 0.3) is 10.8 Å². The number of hydrogen-bond acceptors (Lipinski definition) is 3. The Kier molecular flexibility index (Phi) is 2.97. The van der Waals surface area contributed by atoms with E-state index >= 15 is 0 Å². The Hall–Kier alpha value is -2.26. The highest BCUT2D eigenvalue weighted by atomic mass is 35.5. The molecule has 94 valence electrons. The van der Waals surface area contributed by atoms with E-state index < -0.39 is 0 Å². The molecule has 1 heterocycles. The number of anilines is 3. The predicted molar refractivity (Wildman–Crippen MR) is 80.9 cm³/mol. The van der Waals surface area contributed by atoms with Gasteiger partial charge in [-0.25, -0.2) is 4.98 Å². The van der Waals surface area contributed by atoms with E-state index in [0.29, 0.717) is 16.7 Å². The van der Waals surface area contributed by atoms with Gasteiger partial charge in [-0.15, -0.1) is 0 Å². The van der Waals surface area contributed by atoms with E-state index in [1.165, 1.54) is 10.8 Å². The second kappa shape index (κ2) is 4.78. The van der Waals surface area contributed by atoms with Gasteiger partial charge in [-0.3, -0.25) is 0 Å². The number of nitrogen functional groups attached to an aromatic ring is 1. The molecule has 0 spiro atoms. The standard InChI is InChI=1S/C15H12ClN3/c16-14-8-12(17)9-15(19-14)18-13-6-5-10-3-1-2-4-11(10)7-13/h1-9H,(H3,17,18,19). The molecule has 1 aromatic heterocycles. The van der Waals surface area contributed by atoms with Crippen LogP contribution in [-0.4, -0.2) is 4.98 Å². The van der Waals surface area contributed by atoms with Crippen molar-refractivity contribution in [2.75, 3.05) is 11.1 Å². The van der Waals surface area contributed by atoms with Gasteiger partial charge in [0.15, 0.2) is 0 Å². The van der Waals surface area contributed by atoms with Crippen molar-refractivity contribution in [1.82, 2.24) is 4.98 Å². The Morgan fingerprint density at radius 1 is 0.947 bits per heavy atom. The van der Waals surface area contributed by atoms with Gasteiger partial charge in [0.2, 0.25) is 0 Å². The van der Waals surface area contributed by atoms with Crippen molar-refractivity contribution in [3.63, 3.8) is 0 Å². The third-order valence-electron chi connectivity index (χ3n) is 2.84. The summed E-state index contributed by atoms with van der Waals surface area (Å²) in [4.78, 5) is 4.18. The maximum atomic E-state index is 5.88. The Bertz CT molecular complexity index is 720. The van der Waals surface area contributed by atoms with Crippen molar-refractivity contribution in [2.24, 2.45) is 0 Å². The summed E-state index contributed by atoms with van der Waals surface area (Å²) in [5.74, 6) is 0.639. The quantitative estimate of drug-likeness (QED) is 0.685. The molecule has 0 aliphatic heterocycles. The Balaban J connectivity index is 1.96. The zero-order valence-electron chi connectivity index (χ0n) is 10.1. The van der Waals surface area contributed by atoms with Gasteiger partial charge < -0.3 is 11.1 Å². The SMILES string of the molecule is Nc1cc(Cl)nc(Nc2ccc3ccccc3c2)c1. The first kappa shape index (κ1) is 11.8. The average molecular weight is 270 g/mol. The smallest absolute Gasteiger partial charge is 0.134 e. The fourth-order valence-corrected chi connectivity index (χ4v) is 2.21. The number of pyridine rings is 1. The number of rotatable bonds is 2. The van der Waals surface area contributed by atoms with Crippen molar-refractivity contribution < 1.29 is 0 Å².